The van der Waals surface area contributed by atoms with Gasteiger partial charge in [0.1, 0.15) is 11.1 Å². The average Bonchev–Trinajstić information content (AvgIpc) is 2.30. The fourth-order valence-electron chi connectivity index (χ4n) is 0.773. The zero-order valence-electron chi connectivity index (χ0n) is 9.63. The number of carbonyl (C=O) groups is 1. The highest BCUT2D eigenvalue weighted by Crippen LogP contribution is 2.24. The number of hydrogen-bond donors (Lipinski definition) is 2. The Morgan fingerprint density at radius 1 is 1.59 bits per heavy atom. The molecule has 0 aliphatic rings. The van der Waals surface area contributed by atoms with E-state index in [1.54, 1.807) is 25.3 Å². The summed E-state index contributed by atoms with van der Waals surface area (Å²) in [4.78, 5) is 14.8. The summed E-state index contributed by atoms with van der Waals surface area (Å²) in [7, 11) is 4.45. The summed E-state index contributed by atoms with van der Waals surface area (Å²) >= 11 is 0. The zero-order valence-corrected chi connectivity index (χ0v) is 11.3. The second-order valence-corrected chi connectivity index (χ2v) is 5.15. The van der Waals surface area contributed by atoms with Crippen molar-refractivity contribution in [2.24, 2.45) is 4.99 Å². The highest BCUT2D eigenvalue weighted by Gasteiger charge is 2.14. The van der Waals surface area contributed by atoms with Gasteiger partial charge in [-0.3, -0.25) is 4.79 Å². The van der Waals surface area contributed by atoms with Crippen LogP contribution in [0.15, 0.2) is 42.6 Å². The monoisotopic (exact) mass is 272 g/mol. The molecule has 0 saturated carbocycles. The van der Waals surface area contributed by atoms with Crippen LogP contribution in [-0.4, -0.2) is 35.0 Å². The molecule has 94 valence electrons. The Hall–Kier alpha value is -0.980. The lowest BCUT2D eigenvalue weighted by molar-refractivity contribution is -0.138. The molecule has 2 N–H and O–H groups in total. The summed E-state index contributed by atoms with van der Waals surface area (Å²) in [5.41, 5.74) is 0. The van der Waals surface area contributed by atoms with E-state index in [-0.39, 0.29) is 0 Å². The Morgan fingerprint density at radius 3 is 2.76 bits per heavy atom. The molecule has 0 bridgehead atoms. The van der Waals surface area contributed by atoms with Gasteiger partial charge < -0.3 is 10.4 Å². The number of rotatable bonds is 8. The molecule has 6 heteroatoms. The number of likely N-dealkylation sites (N-methyl/N-ethyl adjacent to an activating group) is 1. The summed E-state index contributed by atoms with van der Waals surface area (Å²) in [5, 5.41) is 12.3. The Bertz CT molecular complexity index is 327. The van der Waals surface area contributed by atoms with Gasteiger partial charge in [-0.2, -0.15) is 0 Å². The van der Waals surface area contributed by atoms with Gasteiger partial charge in [-0.25, -0.2) is 4.99 Å². The van der Waals surface area contributed by atoms with Crippen LogP contribution in [-0.2, 0) is 4.79 Å². The second-order valence-electron chi connectivity index (χ2n) is 2.79. The van der Waals surface area contributed by atoms with E-state index < -0.39 is 12.0 Å². The predicted molar refractivity (Wildman–Crippen MR) is 77.5 cm³/mol. The van der Waals surface area contributed by atoms with Crippen molar-refractivity contribution in [1.82, 2.24) is 5.32 Å². The topological polar surface area (TPSA) is 61.7 Å². The number of hydrogen-bond acceptors (Lipinski definition) is 5. The molecule has 0 saturated heterocycles. The lowest BCUT2D eigenvalue weighted by Crippen LogP contribution is -2.35. The number of aliphatic imine (C=N–C) groups is 1. The summed E-state index contributed by atoms with van der Waals surface area (Å²) < 4.78 is 0. The molecule has 0 radical (unpaired) electrons. The normalized spacial score (nSPS) is 13.6. The maximum absolute atomic E-state index is 10.7. The molecule has 17 heavy (non-hydrogen) atoms. The van der Waals surface area contributed by atoms with Crippen molar-refractivity contribution in [2.45, 2.75) is 6.04 Å². The SMILES string of the molecule is C=C/C=C\C(=N/C=C)SSCC(NC)C(=O)O. The Morgan fingerprint density at radius 2 is 2.29 bits per heavy atom. The van der Waals surface area contributed by atoms with E-state index in [0.717, 1.165) is 5.04 Å². The van der Waals surface area contributed by atoms with E-state index in [9.17, 15) is 4.79 Å². The first-order chi connectivity index (χ1) is 8.15. The lowest BCUT2D eigenvalue weighted by atomic mass is 10.3. The maximum Gasteiger partial charge on any atom is 0.321 e. The van der Waals surface area contributed by atoms with E-state index in [1.807, 2.05) is 0 Å². The van der Waals surface area contributed by atoms with Gasteiger partial charge in [0.2, 0.25) is 0 Å². The van der Waals surface area contributed by atoms with Crippen LogP contribution in [0.25, 0.3) is 0 Å². The molecule has 0 amide bonds. The van der Waals surface area contributed by atoms with Crippen molar-refractivity contribution >= 4 is 32.6 Å². The summed E-state index contributed by atoms with van der Waals surface area (Å²) in [6.45, 7) is 7.09. The second kappa shape index (κ2) is 10.2. The first kappa shape index (κ1) is 16.0. The van der Waals surface area contributed by atoms with Gasteiger partial charge in [-0.1, -0.05) is 36.1 Å². The third-order valence-electron chi connectivity index (χ3n) is 1.62. The smallest absolute Gasteiger partial charge is 0.321 e. The van der Waals surface area contributed by atoms with Crippen molar-refractivity contribution in [1.29, 1.82) is 0 Å². The molecular weight excluding hydrogens is 256 g/mol. The third kappa shape index (κ3) is 7.84. The van der Waals surface area contributed by atoms with Gasteiger partial charge in [-0.05, 0) is 23.9 Å². The average molecular weight is 272 g/mol. The molecule has 0 aromatic heterocycles. The molecule has 0 aliphatic heterocycles. The highest BCUT2D eigenvalue weighted by atomic mass is 33.1. The van der Waals surface area contributed by atoms with Crippen molar-refractivity contribution in [3.05, 3.63) is 37.6 Å². The van der Waals surface area contributed by atoms with Crippen LogP contribution < -0.4 is 5.32 Å². The van der Waals surface area contributed by atoms with Crippen molar-refractivity contribution in [3.63, 3.8) is 0 Å². The number of aliphatic carboxylic acids is 1. The van der Waals surface area contributed by atoms with Crippen LogP contribution in [0.4, 0.5) is 0 Å². The molecule has 1 atom stereocenters. The number of allylic oxidation sites excluding steroid dienone is 2. The lowest BCUT2D eigenvalue weighted by Gasteiger charge is -2.09. The van der Waals surface area contributed by atoms with E-state index in [1.165, 1.54) is 27.8 Å². The first-order valence-electron chi connectivity index (χ1n) is 4.83. The number of nitrogens with zero attached hydrogens (tertiary/aromatic N) is 1. The minimum absolute atomic E-state index is 0.453. The fraction of sp³-hybridized carbons (Fsp3) is 0.273. The van der Waals surface area contributed by atoms with E-state index in [4.69, 9.17) is 5.11 Å². The minimum atomic E-state index is -0.857. The quantitative estimate of drug-likeness (QED) is 0.307. The van der Waals surface area contributed by atoms with Crippen LogP contribution in [0.1, 0.15) is 0 Å². The molecule has 1 unspecified atom stereocenters. The Balaban J connectivity index is 4.18. The maximum atomic E-state index is 10.7. The van der Waals surface area contributed by atoms with Crippen LogP contribution in [0.2, 0.25) is 0 Å². The fourth-order valence-corrected chi connectivity index (χ4v) is 2.93. The molecule has 0 rings (SSSR count). The molecular formula is C11H16N2O2S2. The van der Waals surface area contributed by atoms with Crippen LogP contribution >= 0.6 is 21.6 Å². The van der Waals surface area contributed by atoms with Crippen LogP contribution in [0, 0.1) is 0 Å². The van der Waals surface area contributed by atoms with Crippen LogP contribution in [0.5, 0.6) is 0 Å². The van der Waals surface area contributed by atoms with Gasteiger partial charge in [0, 0.05) is 12.0 Å². The van der Waals surface area contributed by atoms with Gasteiger partial charge in [0.15, 0.2) is 0 Å². The third-order valence-corrected chi connectivity index (χ3v) is 3.89. The summed E-state index contributed by atoms with van der Waals surface area (Å²) in [5.74, 6) is -0.404. The largest absolute Gasteiger partial charge is 0.480 e. The zero-order chi connectivity index (χ0) is 13.1. The van der Waals surface area contributed by atoms with E-state index in [2.05, 4.69) is 23.5 Å². The van der Waals surface area contributed by atoms with Gasteiger partial charge in [0.25, 0.3) is 0 Å². The van der Waals surface area contributed by atoms with Gasteiger partial charge >= 0.3 is 5.97 Å². The Labute approximate surface area is 109 Å². The first-order valence-corrected chi connectivity index (χ1v) is 7.15. The molecule has 0 aliphatic carbocycles. The van der Waals surface area contributed by atoms with Crippen molar-refractivity contribution in [3.8, 4) is 0 Å². The number of nitrogens with one attached hydrogen (secondary N) is 1. The van der Waals surface area contributed by atoms with Crippen molar-refractivity contribution in [2.75, 3.05) is 12.8 Å². The molecule has 4 nitrogen and oxygen atoms in total. The van der Waals surface area contributed by atoms with Crippen molar-refractivity contribution < 1.29 is 9.90 Å². The molecule has 0 aromatic rings. The predicted octanol–water partition coefficient (Wildman–Crippen LogP) is 2.32. The highest BCUT2D eigenvalue weighted by molar-refractivity contribution is 8.82. The van der Waals surface area contributed by atoms with Gasteiger partial charge in [0.05, 0.1) is 0 Å². The summed E-state index contributed by atoms with van der Waals surface area (Å²) in [6.07, 6.45) is 6.66. The summed E-state index contributed by atoms with van der Waals surface area (Å²) in [6, 6.07) is -0.555. The van der Waals surface area contributed by atoms with Crippen LogP contribution in [0.3, 0.4) is 0 Å². The minimum Gasteiger partial charge on any atom is -0.480 e. The van der Waals surface area contributed by atoms with E-state index in [0.29, 0.717) is 5.75 Å². The molecule has 0 heterocycles. The molecule has 0 fully saturated rings. The number of carboxylic acids is 1. The Kier molecular flexibility index (Phi) is 9.60. The molecule has 0 spiro atoms. The van der Waals surface area contributed by atoms with Gasteiger partial charge in [-0.15, -0.1) is 0 Å². The molecule has 0 aromatic carbocycles. The number of carboxylic acid groups (broad SMARTS) is 1. The van der Waals surface area contributed by atoms with E-state index >= 15 is 0 Å². The standard InChI is InChI=1S/C11H16N2O2S2/c1-4-6-7-10(13-5-2)17-16-8-9(12-3)11(14)15/h4-7,9,12H,1-2,8H2,3H3,(H,14,15)/b7-6-,13-10+.